The van der Waals surface area contributed by atoms with Crippen molar-refractivity contribution in [3.63, 3.8) is 0 Å². The Balaban J connectivity index is 0.000000405. The van der Waals surface area contributed by atoms with E-state index in [1.165, 1.54) is 11.6 Å². The molecule has 10 N–H and O–H groups in total. The molecule has 35 heavy (non-hydrogen) atoms. The Morgan fingerprint density at radius 3 is 2.00 bits per heavy atom. The van der Waals surface area contributed by atoms with E-state index < -0.39 is 37.0 Å². The molecule has 0 heterocycles. The number of hydrogen-bond acceptors (Lipinski definition) is 10. The molecule has 0 bridgehead atoms. The van der Waals surface area contributed by atoms with E-state index >= 15 is 0 Å². The molecule has 0 amide bonds. The van der Waals surface area contributed by atoms with E-state index in [1.54, 1.807) is 18.2 Å². The molecule has 0 radical (unpaired) electrons. The highest BCUT2D eigenvalue weighted by molar-refractivity contribution is 5.72. The first-order valence-electron chi connectivity index (χ1n) is 11.0. The van der Waals surface area contributed by atoms with Crippen molar-refractivity contribution in [3.05, 3.63) is 53.6 Å². The van der Waals surface area contributed by atoms with Gasteiger partial charge in [-0.3, -0.25) is 0 Å². The molecule has 2 aromatic carbocycles. The third kappa shape index (κ3) is 10.9. The number of benzene rings is 2. The van der Waals surface area contributed by atoms with Crippen LogP contribution in [0, 0.1) is 0 Å². The molecule has 1 unspecified atom stereocenters. The molecule has 0 aliphatic carbocycles. The lowest BCUT2D eigenvalue weighted by molar-refractivity contribution is -0.164. The Morgan fingerprint density at radius 2 is 1.46 bits per heavy atom. The van der Waals surface area contributed by atoms with Gasteiger partial charge in [0, 0.05) is 6.04 Å². The first-order chi connectivity index (χ1) is 16.5. The molecule has 0 aromatic heterocycles. The van der Waals surface area contributed by atoms with Gasteiger partial charge in [-0.2, -0.15) is 0 Å². The quantitative estimate of drug-likeness (QED) is 0.168. The second-order valence-corrected chi connectivity index (χ2v) is 8.15. The normalized spacial score (nSPS) is 15.3. The van der Waals surface area contributed by atoms with Crippen molar-refractivity contribution in [1.82, 2.24) is 5.32 Å². The van der Waals surface area contributed by atoms with Gasteiger partial charge in [0.2, 0.25) is 0 Å². The standard InChI is InChI=1S/C18H23NO3.C6H12O7/c1-13(2-3-14-4-7-16(20)8-5-14)19-11-10-15-6-9-17(21)18(22)12-15;7-1-2(8)3(9)4(10)5(11)6(12)13/h4-9,12-13,19-22H,2-3,10-11H2,1H3;2-5,7-11H,1H2,(H,12,13)/t;2-,3-,4+,5-/m.1/s1. The summed E-state index contributed by atoms with van der Waals surface area (Å²) in [6.45, 7) is 2.13. The Labute approximate surface area is 203 Å². The molecule has 0 spiro atoms. The lowest BCUT2D eigenvalue weighted by Gasteiger charge is -2.23. The number of aryl methyl sites for hydroxylation is 1. The van der Waals surface area contributed by atoms with E-state index in [4.69, 9.17) is 30.6 Å². The number of nitrogens with one attached hydrogen (secondary N) is 1. The molecule has 196 valence electrons. The zero-order valence-corrected chi connectivity index (χ0v) is 19.4. The van der Waals surface area contributed by atoms with Gasteiger partial charge in [0.05, 0.1) is 6.61 Å². The van der Waals surface area contributed by atoms with Gasteiger partial charge in [-0.1, -0.05) is 18.2 Å². The Kier molecular flexibility index (Phi) is 13.0. The van der Waals surface area contributed by atoms with Gasteiger partial charge >= 0.3 is 5.97 Å². The number of carboxylic acid groups (broad SMARTS) is 1. The van der Waals surface area contributed by atoms with Gasteiger partial charge in [-0.25, -0.2) is 4.79 Å². The van der Waals surface area contributed by atoms with Crippen LogP contribution in [0.25, 0.3) is 0 Å². The summed E-state index contributed by atoms with van der Waals surface area (Å²) in [7, 11) is 0. The molecule has 2 aromatic rings. The van der Waals surface area contributed by atoms with Gasteiger partial charge in [0.1, 0.15) is 24.1 Å². The molecular weight excluding hydrogens is 462 g/mol. The fraction of sp³-hybridized carbons (Fsp3) is 0.458. The Morgan fingerprint density at radius 1 is 0.857 bits per heavy atom. The summed E-state index contributed by atoms with van der Waals surface area (Å²) in [4.78, 5) is 10.1. The van der Waals surface area contributed by atoms with E-state index in [-0.39, 0.29) is 11.5 Å². The van der Waals surface area contributed by atoms with Crippen molar-refractivity contribution in [2.45, 2.75) is 56.6 Å². The molecule has 0 saturated heterocycles. The monoisotopic (exact) mass is 497 g/mol. The van der Waals surface area contributed by atoms with E-state index in [1.807, 2.05) is 18.2 Å². The second-order valence-electron chi connectivity index (χ2n) is 8.15. The fourth-order valence-electron chi connectivity index (χ4n) is 3.00. The Bertz CT molecular complexity index is 892. The summed E-state index contributed by atoms with van der Waals surface area (Å²) < 4.78 is 0. The van der Waals surface area contributed by atoms with Crippen LogP contribution in [-0.4, -0.2) is 95.5 Å². The number of aliphatic hydroxyl groups is 5. The molecule has 0 aliphatic heterocycles. The van der Waals surface area contributed by atoms with Crippen molar-refractivity contribution in [1.29, 1.82) is 0 Å². The van der Waals surface area contributed by atoms with Crippen LogP contribution in [0.15, 0.2) is 42.5 Å². The molecule has 0 fully saturated rings. The maximum absolute atomic E-state index is 10.1. The van der Waals surface area contributed by atoms with Gasteiger partial charge in [-0.15, -0.1) is 0 Å². The van der Waals surface area contributed by atoms with Crippen molar-refractivity contribution < 1.29 is 50.8 Å². The topological polar surface area (TPSA) is 211 Å². The van der Waals surface area contributed by atoms with E-state index in [2.05, 4.69) is 12.2 Å². The largest absolute Gasteiger partial charge is 0.508 e. The lowest BCUT2D eigenvalue weighted by atomic mass is 10.0. The highest BCUT2D eigenvalue weighted by Gasteiger charge is 2.33. The maximum Gasteiger partial charge on any atom is 0.335 e. The molecule has 5 atom stereocenters. The minimum Gasteiger partial charge on any atom is -0.508 e. The number of hydrogen-bond donors (Lipinski definition) is 10. The van der Waals surface area contributed by atoms with Crippen LogP contribution < -0.4 is 5.32 Å². The Hall–Kier alpha value is -2.93. The third-order valence-electron chi connectivity index (χ3n) is 5.26. The number of phenols is 3. The van der Waals surface area contributed by atoms with Crippen LogP contribution in [-0.2, 0) is 17.6 Å². The van der Waals surface area contributed by atoms with Crippen molar-refractivity contribution in [2.24, 2.45) is 0 Å². The number of carboxylic acids is 1. The summed E-state index contributed by atoms with van der Waals surface area (Å²) in [5, 5.41) is 83.2. The van der Waals surface area contributed by atoms with E-state index in [9.17, 15) is 20.1 Å². The van der Waals surface area contributed by atoms with Crippen LogP contribution in [0.2, 0.25) is 0 Å². The number of carbonyl (C=O) groups is 1. The summed E-state index contributed by atoms with van der Waals surface area (Å²) in [5.41, 5.74) is 2.21. The molecule has 0 saturated carbocycles. The predicted octanol–water partition coefficient (Wildman–Crippen LogP) is -0.536. The first-order valence-corrected chi connectivity index (χ1v) is 11.0. The van der Waals surface area contributed by atoms with Gasteiger partial charge < -0.3 is 51.3 Å². The van der Waals surface area contributed by atoms with E-state index in [0.717, 1.165) is 31.4 Å². The summed E-state index contributed by atoms with van der Waals surface area (Å²) in [6.07, 6.45) is -5.05. The minimum atomic E-state index is -2.20. The molecule has 2 rings (SSSR count). The van der Waals surface area contributed by atoms with Crippen molar-refractivity contribution in [3.8, 4) is 17.2 Å². The number of aliphatic carboxylic acids is 1. The van der Waals surface area contributed by atoms with Crippen LogP contribution in [0.4, 0.5) is 0 Å². The highest BCUT2D eigenvalue weighted by atomic mass is 16.4. The molecular formula is C24H35NO10. The highest BCUT2D eigenvalue weighted by Crippen LogP contribution is 2.24. The zero-order chi connectivity index (χ0) is 26.5. The SMILES string of the molecule is CC(CCc1ccc(O)cc1)NCCc1ccc(O)c(O)c1.O=C(O)[C@H](O)[C@@H](O)[C@H](O)[C@H](O)CO. The third-order valence-corrected chi connectivity index (χ3v) is 5.26. The van der Waals surface area contributed by atoms with Crippen LogP contribution in [0.5, 0.6) is 17.2 Å². The zero-order valence-electron chi connectivity index (χ0n) is 19.4. The minimum absolute atomic E-state index is 0.0714. The maximum atomic E-state index is 10.1. The van der Waals surface area contributed by atoms with Gasteiger partial charge in [0.15, 0.2) is 17.6 Å². The van der Waals surface area contributed by atoms with Crippen LogP contribution in [0.1, 0.15) is 24.5 Å². The predicted molar refractivity (Wildman–Crippen MR) is 126 cm³/mol. The summed E-state index contributed by atoms with van der Waals surface area (Å²) in [5.74, 6) is -1.58. The van der Waals surface area contributed by atoms with Gasteiger partial charge in [0.25, 0.3) is 0 Å². The molecule has 0 aliphatic rings. The molecule has 11 heteroatoms. The number of rotatable bonds is 12. The first kappa shape index (κ1) is 30.1. The van der Waals surface area contributed by atoms with Crippen molar-refractivity contribution >= 4 is 5.97 Å². The average molecular weight is 498 g/mol. The number of aromatic hydroxyl groups is 3. The van der Waals surface area contributed by atoms with E-state index in [0.29, 0.717) is 11.8 Å². The molecule has 11 nitrogen and oxygen atoms in total. The smallest absolute Gasteiger partial charge is 0.335 e. The van der Waals surface area contributed by atoms with Crippen LogP contribution >= 0.6 is 0 Å². The second kappa shape index (κ2) is 15.1. The number of phenolic OH excluding ortho intramolecular Hbond substituents is 3. The number of aliphatic hydroxyl groups excluding tert-OH is 5. The summed E-state index contributed by atoms with van der Waals surface area (Å²) >= 11 is 0. The van der Waals surface area contributed by atoms with Crippen LogP contribution in [0.3, 0.4) is 0 Å². The lowest BCUT2D eigenvalue weighted by Crippen LogP contribution is -2.48. The van der Waals surface area contributed by atoms with Gasteiger partial charge in [-0.05, 0) is 68.1 Å². The van der Waals surface area contributed by atoms with Crippen molar-refractivity contribution in [2.75, 3.05) is 13.2 Å². The fourth-order valence-corrected chi connectivity index (χ4v) is 3.00. The average Bonchev–Trinajstić information content (AvgIpc) is 2.84. The summed E-state index contributed by atoms with van der Waals surface area (Å²) in [6, 6.07) is 12.6.